The molecule has 0 aromatic carbocycles. The molecular formula is C13H30N2. The van der Waals surface area contributed by atoms with Crippen molar-refractivity contribution < 1.29 is 0 Å². The van der Waals surface area contributed by atoms with Gasteiger partial charge in [-0.1, -0.05) is 34.1 Å². The van der Waals surface area contributed by atoms with Crippen molar-refractivity contribution in [2.45, 2.75) is 47.1 Å². The van der Waals surface area contributed by atoms with Crippen LogP contribution in [0.4, 0.5) is 0 Å². The largest absolute Gasteiger partial charge is 0.313 e. The van der Waals surface area contributed by atoms with Gasteiger partial charge in [-0.25, -0.2) is 0 Å². The van der Waals surface area contributed by atoms with Crippen molar-refractivity contribution >= 4 is 0 Å². The summed E-state index contributed by atoms with van der Waals surface area (Å²) in [6, 6.07) is 0.622. The highest BCUT2D eigenvalue weighted by Gasteiger charge is 2.20. The number of hydrogen-bond acceptors (Lipinski definition) is 2. The van der Waals surface area contributed by atoms with Gasteiger partial charge >= 0.3 is 0 Å². The third kappa shape index (κ3) is 6.91. The van der Waals surface area contributed by atoms with Crippen LogP contribution in [0, 0.1) is 11.3 Å². The fourth-order valence-corrected chi connectivity index (χ4v) is 1.90. The molecule has 0 bridgehead atoms. The highest BCUT2D eigenvalue weighted by Crippen LogP contribution is 2.16. The molecule has 0 fully saturated rings. The summed E-state index contributed by atoms with van der Waals surface area (Å²) in [7, 11) is 4.28. The van der Waals surface area contributed by atoms with Gasteiger partial charge < -0.3 is 10.2 Å². The van der Waals surface area contributed by atoms with Crippen molar-refractivity contribution in [3.8, 4) is 0 Å². The second kappa shape index (κ2) is 6.49. The molecule has 0 amide bonds. The molecule has 0 heterocycles. The first kappa shape index (κ1) is 14.9. The van der Waals surface area contributed by atoms with Crippen LogP contribution in [-0.2, 0) is 0 Å². The molecule has 2 heteroatoms. The highest BCUT2D eigenvalue weighted by atomic mass is 15.1. The molecule has 0 saturated carbocycles. The maximum absolute atomic E-state index is 3.65. The van der Waals surface area contributed by atoms with E-state index in [9.17, 15) is 0 Å². The Bertz CT molecular complexity index is 164. The Labute approximate surface area is 96.4 Å². The molecule has 0 unspecified atom stereocenters. The molecule has 92 valence electrons. The summed E-state index contributed by atoms with van der Waals surface area (Å²) >= 11 is 0. The summed E-state index contributed by atoms with van der Waals surface area (Å²) in [5.74, 6) is 0.764. The lowest BCUT2D eigenvalue weighted by atomic mass is 9.91. The molecule has 0 aliphatic rings. The van der Waals surface area contributed by atoms with E-state index >= 15 is 0 Å². The summed E-state index contributed by atoms with van der Waals surface area (Å²) in [4.78, 5) is 2.26. The van der Waals surface area contributed by atoms with E-state index in [0.29, 0.717) is 11.5 Å². The molecule has 0 spiro atoms. The van der Waals surface area contributed by atoms with Crippen LogP contribution in [0.25, 0.3) is 0 Å². The van der Waals surface area contributed by atoms with Crippen molar-refractivity contribution in [3.05, 3.63) is 0 Å². The van der Waals surface area contributed by atoms with E-state index in [4.69, 9.17) is 0 Å². The van der Waals surface area contributed by atoms with Gasteiger partial charge in [0.2, 0.25) is 0 Å². The van der Waals surface area contributed by atoms with E-state index in [0.717, 1.165) is 19.0 Å². The van der Waals surface area contributed by atoms with Gasteiger partial charge in [0.1, 0.15) is 0 Å². The quantitative estimate of drug-likeness (QED) is 0.701. The Kier molecular flexibility index (Phi) is 6.46. The van der Waals surface area contributed by atoms with Crippen molar-refractivity contribution in [2.24, 2.45) is 11.3 Å². The average Bonchev–Trinajstić information content (AvgIpc) is 2.11. The van der Waals surface area contributed by atoms with Gasteiger partial charge in [-0.2, -0.15) is 0 Å². The number of rotatable bonds is 7. The Morgan fingerprint density at radius 2 is 1.73 bits per heavy atom. The van der Waals surface area contributed by atoms with Crippen molar-refractivity contribution in [1.29, 1.82) is 0 Å². The minimum Gasteiger partial charge on any atom is -0.313 e. The molecule has 0 aromatic rings. The smallest absolute Gasteiger partial charge is 0.00644 e. The molecule has 0 aromatic heterocycles. The summed E-state index contributed by atoms with van der Waals surface area (Å²) in [5, 5.41) is 3.65. The Morgan fingerprint density at radius 3 is 2.13 bits per heavy atom. The van der Waals surface area contributed by atoms with Crippen LogP contribution in [0.3, 0.4) is 0 Å². The zero-order valence-electron chi connectivity index (χ0n) is 11.7. The van der Waals surface area contributed by atoms with Gasteiger partial charge in [-0.05, 0) is 32.4 Å². The van der Waals surface area contributed by atoms with Crippen LogP contribution in [0.1, 0.15) is 41.0 Å². The molecule has 2 atom stereocenters. The maximum Gasteiger partial charge on any atom is 0.00644 e. The van der Waals surface area contributed by atoms with Crippen LogP contribution >= 0.6 is 0 Å². The van der Waals surface area contributed by atoms with Crippen LogP contribution < -0.4 is 5.32 Å². The van der Waals surface area contributed by atoms with Gasteiger partial charge in [-0.3, -0.25) is 0 Å². The molecule has 0 radical (unpaired) electrons. The van der Waals surface area contributed by atoms with Crippen LogP contribution in [0.2, 0.25) is 0 Å². The first-order chi connectivity index (χ1) is 6.78. The predicted molar refractivity (Wildman–Crippen MR) is 69.3 cm³/mol. The van der Waals surface area contributed by atoms with E-state index in [-0.39, 0.29) is 0 Å². The average molecular weight is 214 g/mol. The van der Waals surface area contributed by atoms with Crippen LogP contribution in [0.15, 0.2) is 0 Å². The molecule has 0 aliphatic carbocycles. The molecule has 15 heavy (non-hydrogen) atoms. The van der Waals surface area contributed by atoms with Crippen molar-refractivity contribution in [3.63, 3.8) is 0 Å². The first-order valence-electron chi connectivity index (χ1n) is 6.16. The molecule has 0 aliphatic heterocycles. The standard InChI is InChI=1S/C13H30N2/c1-8-11(2)12(3)14-9-13(4,5)10-15(6)7/h11-12,14H,8-10H2,1-7H3/t11-,12+/m0/s1. The van der Waals surface area contributed by atoms with E-state index < -0.39 is 0 Å². The normalized spacial score (nSPS) is 16.8. The van der Waals surface area contributed by atoms with E-state index in [1.165, 1.54) is 6.42 Å². The molecule has 0 saturated heterocycles. The second-order valence-electron chi connectivity index (χ2n) is 5.96. The third-order valence-electron chi connectivity index (χ3n) is 3.14. The van der Waals surface area contributed by atoms with Gasteiger partial charge in [0.15, 0.2) is 0 Å². The van der Waals surface area contributed by atoms with Gasteiger partial charge in [-0.15, -0.1) is 0 Å². The van der Waals surface area contributed by atoms with Crippen molar-refractivity contribution in [1.82, 2.24) is 10.2 Å². The summed E-state index contributed by atoms with van der Waals surface area (Å²) in [5.41, 5.74) is 0.352. The Balaban J connectivity index is 3.92. The lowest BCUT2D eigenvalue weighted by Crippen LogP contribution is -2.42. The molecule has 1 N–H and O–H groups in total. The molecular weight excluding hydrogens is 184 g/mol. The van der Waals surface area contributed by atoms with Crippen LogP contribution in [0.5, 0.6) is 0 Å². The van der Waals surface area contributed by atoms with Gasteiger partial charge in [0.25, 0.3) is 0 Å². The molecule has 2 nitrogen and oxygen atoms in total. The summed E-state index contributed by atoms with van der Waals surface area (Å²) < 4.78 is 0. The van der Waals surface area contributed by atoms with E-state index in [2.05, 4.69) is 58.9 Å². The highest BCUT2D eigenvalue weighted by molar-refractivity contribution is 4.77. The minimum absolute atomic E-state index is 0.352. The number of hydrogen-bond donors (Lipinski definition) is 1. The second-order valence-corrected chi connectivity index (χ2v) is 5.96. The maximum atomic E-state index is 3.65. The predicted octanol–water partition coefficient (Wildman–Crippen LogP) is 2.60. The van der Waals surface area contributed by atoms with Gasteiger partial charge in [0.05, 0.1) is 0 Å². The zero-order valence-corrected chi connectivity index (χ0v) is 11.7. The fourth-order valence-electron chi connectivity index (χ4n) is 1.90. The first-order valence-corrected chi connectivity index (χ1v) is 6.16. The zero-order chi connectivity index (χ0) is 12.1. The Hall–Kier alpha value is -0.0800. The number of nitrogens with zero attached hydrogens (tertiary/aromatic N) is 1. The van der Waals surface area contributed by atoms with Gasteiger partial charge in [0, 0.05) is 19.1 Å². The third-order valence-corrected chi connectivity index (χ3v) is 3.14. The summed E-state index contributed by atoms with van der Waals surface area (Å²) in [6.07, 6.45) is 1.25. The topological polar surface area (TPSA) is 15.3 Å². The number of nitrogens with one attached hydrogen (secondary N) is 1. The minimum atomic E-state index is 0.352. The van der Waals surface area contributed by atoms with Crippen molar-refractivity contribution in [2.75, 3.05) is 27.2 Å². The lowest BCUT2D eigenvalue weighted by molar-refractivity contribution is 0.218. The lowest BCUT2D eigenvalue weighted by Gasteiger charge is -2.31. The molecule has 0 rings (SSSR count). The fraction of sp³-hybridized carbons (Fsp3) is 1.00. The van der Waals surface area contributed by atoms with E-state index in [1.807, 2.05) is 0 Å². The van der Waals surface area contributed by atoms with E-state index in [1.54, 1.807) is 0 Å². The SMILES string of the molecule is CC[C@H](C)[C@@H](C)NCC(C)(C)CN(C)C. The van der Waals surface area contributed by atoms with Crippen LogP contribution in [-0.4, -0.2) is 38.1 Å². The summed E-state index contributed by atoms with van der Waals surface area (Å²) in [6.45, 7) is 13.7. The Morgan fingerprint density at radius 1 is 1.20 bits per heavy atom. The monoisotopic (exact) mass is 214 g/mol.